The van der Waals surface area contributed by atoms with Gasteiger partial charge in [-0.2, -0.15) is 0 Å². The second-order valence-electron chi connectivity index (χ2n) is 4.37. The third kappa shape index (κ3) is 1.32. The van der Waals surface area contributed by atoms with Crippen molar-refractivity contribution >= 4 is 10.9 Å². The molecule has 13 heavy (non-hydrogen) atoms. The highest BCUT2D eigenvalue weighted by atomic mass is 14.7. The van der Waals surface area contributed by atoms with Crippen LogP contribution in [0.1, 0.15) is 27.8 Å². The maximum atomic E-state index is 4.14. The topological polar surface area (TPSA) is 28.7 Å². The van der Waals surface area contributed by atoms with E-state index in [1.54, 1.807) is 0 Å². The van der Waals surface area contributed by atoms with E-state index in [0.717, 1.165) is 0 Å². The number of hydrogen-bond donors (Lipinski definition) is 1. The summed E-state index contributed by atoms with van der Waals surface area (Å²) in [5, 5.41) is 1.23. The molecule has 0 fully saturated rings. The van der Waals surface area contributed by atoms with Crippen LogP contribution in [0.3, 0.4) is 0 Å². The van der Waals surface area contributed by atoms with Crippen LogP contribution in [0.15, 0.2) is 24.7 Å². The molecule has 2 aromatic rings. The van der Waals surface area contributed by atoms with Crippen molar-refractivity contribution in [2.24, 2.45) is 0 Å². The molecular weight excluding hydrogens is 160 g/mol. The number of nitrogens with one attached hydrogen (secondary N) is 1. The smallest absolute Gasteiger partial charge is 0.0488 e. The molecule has 0 unspecified atom stereocenters. The summed E-state index contributed by atoms with van der Waals surface area (Å²) in [7, 11) is 0. The molecular formula is C11H16N2. The van der Waals surface area contributed by atoms with Crippen molar-refractivity contribution in [2.45, 2.75) is 26.2 Å². The first kappa shape index (κ1) is 8.30. The fraction of sp³-hybridized carbons (Fsp3) is 0.364. The minimum absolute atomic E-state index is 0. The summed E-state index contributed by atoms with van der Waals surface area (Å²) in [5.74, 6) is 0. The van der Waals surface area contributed by atoms with Crippen molar-refractivity contribution in [3.63, 3.8) is 0 Å². The van der Waals surface area contributed by atoms with E-state index in [1.807, 2.05) is 18.5 Å². The molecule has 0 aliphatic carbocycles. The van der Waals surface area contributed by atoms with Crippen LogP contribution >= 0.6 is 0 Å². The highest BCUT2D eigenvalue weighted by molar-refractivity contribution is 5.83. The van der Waals surface area contributed by atoms with Gasteiger partial charge in [0, 0.05) is 30.9 Å². The lowest BCUT2D eigenvalue weighted by Gasteiger charge is -2.16. The Hall–Kier alpha value is -1.31. The Morgan fingerprint density at radius 2 is 2.15 bits per heavy atom. The molecule has 70 valence electrons. The third-order valence-electron chi connectivity index (χ3n) is 2.29. The molecule has 0 bridgehead atoms. The van der Waals surface area contributed by atoms with Crippen molar-refractivity contribution in [1.29, 1.82) is 0 Å². The highest BCUT2D eigenvalue weighted by Gasteiger charge is 2.17. The molecule has 0 aromatic carbocycles. The third-order valence-corrected chi connectivity index (χ3v) is 2.29. The van der Waals surface area contributed by atoms with Crippen LogP contribution in [-0.2, 0) is 5.41 Å². The molecule has 0 atom stereocenters. The van der Waals surface area contributed by atoms with Crippen LogP contribution in [0.5, 0.6) is 0 Å². The molecule has 2 heteroatoms. The first-order valence-corrected chi connectivity index (χ1v) is 4.50. The predicted molar refractivity (Wildman–Crippen MR) is 56.9 cm³/mol. The summed E-state index contributed by atoms with van der Waals surface area (Å²) in [6.45, 7) is 6.63. The van der Waals surface area contributed by atoms with Gasteiger partial charge in [-0.25, -0.2) is 0 Å². The Morgan fingerprint density at radius 1 is 1.38 bits per heavy atom. The van der Waals surface area contributed by atoms with Crippen LogP contribution in [0.25, 0.3) is 10.9 Å². The highest BCUT2D eigenvalue weighted by Crippen LogP contribution is 2.28. The lowest BCUT2D eigenvalue weighted by Crippen LogP contribution is -2.09. The van der Waals surface area contributed by atoms with Gasteiger partial charge in [-0.3, -0.25) is 4.98 Å². The molecule has 2 nitrogen and oxygen atoms in total. The summed E-state index contributed by atoms with van der Waals surface area (Å²) in [6.07, 6.45) is 5.81. The molecule has 2 aromatic heterocycles. The van der Waals surface area contributed by atoms with Gasteiger partial charge in [-0.15, -0.1) is 0 Å². The molecule has 0 amide bonds. The summed E-state index contributed by atoms with van der Waals surface area (Å²) in [6, 6.07) is 2.00. The van der Waals surface area contributed by atoms with Crippen molar-refractivity contribution in [3.05, 3.63) is 30.2 Å². The molecule has 2 rings (SSSR count). The largest absolute Gasteiger partial charge is 0.361 e. The maximum Gasteiger partial charge on any atom is 0.0488 e. The van der Waals surface area contributed by atoms with E-state index in [-0.39, 0.29) is 6.84 Å². The molecule has 0 saturated carbocycles. The summed E-state index contributed by atoms with van der Waals surface area (Å²) < 4.78 is 0. The van der Waals surface area contributed by atoms with E-state index < -0.39 is 0 Å². The Morgan fingerprint density at radius 3 is 2.85 bits per heavy atom. The second kappa shape index (κ2) is 2.59. The van der Waals surface area contributed by atoms with Gasteiger partial charge in [0.1, 0.15) is 0 Å². The minimum Gasteiger partial charge on any atom is -0.361 e. The van der Waals surface area contributed by atoms with Crippen molar-refractivity contribution in [1.82, 2.24) is 9.97 Å². The Balaban J connectivity index is 0.000000980. The maximum absolute atomic E-state index is 4.14. The fourth-order valence-electron chi connectivity index (χ4n) is 1.58. The quantitative estimate of drug-likeness (QED) is 0.656. The first-order valence-electron chi connectivity index (χ1n) is 4.50. The fourth-order valence-corrected chi connectivity index (χ4v) is 1.58. The van der Waals surface area contributed by atoms with E-state index >= 15 is 0 Å². The van der Waals surface area contributed by atoms with E-state index in [1.165, 1.54) is 16.5 Å². The van der Waals surface area contributed by atoms with Gasteiger partial charge in [0.05, 0.1) is 0 Å². The molecule has 2 heterocycles. The van der Waals surface area contributed by atoms with Crippen LogP contribution in [0.4, 0.5) is 0 Å². The average Bonchev–Trinajstić information content (AvgIpc) is 2.45. The molecule has 0 spiro atoms. The van der Waals surface area contributed by atoms with Gasteiger partial charge < -0.3 is 4.98 Å². The average molecular weight is 176 g/mol. The van der Waals surface area contributed by atoms with Crippen molar-refractivity contribution < 1.29 is 1.43 Å². The molecule has 0 aliphatic rings. The van der Waals surface area contributed by atoms with Crippen LogP contribution in [0, 0.1) is 0 Å². The SMILES string of the molecule is CC(C)(C)c1c[nH]c2ccncc12.[HH]. The standard InChI is InChI=1S/C11H14N2.H2/c1-11(2,3)9-7-13-10-4-5-12-6-8(9)10;/h4-7,13H,1-3H3;1H. The van der Waals surface area contributed by atoms with Gasteiger partial charge in [-0.1, -0.05) is 20.8 Å². The van der Waals surface area contributed by atoms with Gasteiger partial charge in [0.15, 0.2) is 0 Å². The monoisotopic (exact) mass is 176 g/mol. The summed E-state index contributed by atoms with van der Waals surface area (Å²) in [4.78, 5) is 7.39. The van der Waals surface area contributed by atoms with Gasteiger partial charge in [0.25, 0.3) is 0 Å². The number of fused-ring (bicyclic) bond motifs is 1. The van der Waals surface area contributed by atoms with Crippen LogP contribution < -0.4 is 0 Å². The zero-order valence-corrected chi connectivity index (χ0v) is 8.26. The lowest BCUT2D eigenvalue weighted by atomic mass is 9.87. The van der Waals surface area contributed by atoms with Gasteiger partial charge in [0.2, 0.25) is 0 Å². The normalized spacial score (nSPS) is 12.2. The first-order chi connectivity index (χ1) is 6.09. The van der Waals surface area contributed by atoms with Crippen molar-refractivity contribution in [2.75, 3.05) is 0 Å². The van der Waals surface area contributed by atoms with E-state index in [2.05, 4.69) is 36.9 Å². The van der Waals surface area contributed by atoms with E-state index in [0.29, 0.717) is 0 Å². The zero-order chi connectivity index (χ0) is 9.47. The number of H-pyrrole nitrogens is 1. The number of nitrogens with zero attached hydrogens (tertiary/aromatic N) is 1. The molecule has 0 radical (unpaired) electrons. The predicted octanol–water partition coefficient (Wildman–Crippen LogP) is 3.11. The zero-order valence-electron chi connectivity index (χ0n) is 8.26. The summed E-state index contributed by atoms with van der Waals surface area (Å²) >= 11 is 0. The Bertz CT molecular complexity index is 426. The Labute approximate surface area is 79.5 Å². The molecule has 1 N–H and O–H groups in total. The number of aromatic amines is 1. The van der Waals surface area contributed by atoms with E-state index in [4.69, 9.17) is 0 Å². The minimum atomic E-state index is 0. The number of hydrogen-bond acceptors (Lipinski definition) is 1. The molecule has 0 saturated heterocycles. The number of pyridine rings is 1. The van der Waals surface area contributed by atoms with Crippen LogP contribution in [0.2, 0.25) is 0 Å². The van der Waals surface area contributed by atoms with E-state index in [9.17, 15) is 0 Å². The van der Waals surface area contributed by atoms with Crippen molar-refractivity contribution in [3.8, 4) is 0 Å². The number of aromatic nitrogens is 2. The van der Waals surface area contributed by atoms with Gasteiger partial charge in [-0.05, 0) is 17.0 Å². The number of rotatable bonds is 0. The summed E-state index contributed by atoms with van der Waals surface area (Å²) in [5.41, 5.74) is 2.68. The molecule has 0 aliphatic heterocycles. The lowest BCUT2D eigenvalue weighted by molar-refractivity contribution is 0.595. The second-order valence-corrected chi connectivity index (χ2v) is 4.37. The van der Waals surface area contributed by atoms with Gasteiger partial charge >= 0.3 is 0 Å². The van der Waals surface area contributed by atoms with Crippen LogP contribution in [-0.4, -0.2) is 9.97 Å². The Kier molecular flexibility index (Phi) is 1.65.